The Morgan fingerprint density at radius 3 is 2.66 bits per heavy atom. The molecule has 0 saturated carbocycles. The van der Waals surface area contributed by atoms with Gasteiger partial charge in [-0.15, -0.1) is 0 Å². The van der Waals surface area contributed by atoms with Gasteiger partial charge in [0.05, 0.1) is 25.1 Å². The van der Waals surface area contributed by atoms with Crippen molar-refractivity contribution in [2.24, 2.45) is 5.10 Å². The summed E-state index contributed by atoms with van der Waals surface area (Å²) in [5.41, 5.74) is 2.28. The monoisotopic (exact) mass is 435 g/mol. The van der Waals surface area contributed by atoms with E-state index in [4.69, 9.17) is 9.15 Å². The number of methoxy groups -OCH3 is 1. The van der Waals surface area contributed by atoms with Crippen LogP contribution >= 0.6 is 0 Å². The van der Waals surface area contributed by atoms with Gasteiger partial charge in [0.25, 0.3) is 11.8 Å². The first-order chi connectivity index (χ1) is 15.5. The third-order valence-electron chi connectivity index (χ3n) is 5.27. The van der Waals surface area contributed by atoms with Gasteiger partial charge in [-0.05, 0) is 42.0 Å². The Balaban J connectivity index is 1.61. The van der Waals surface area contributed by atoms with Gasteiger partial charge in [-0.25, -0.2) is 9.40 Å². The quantitative estimate of drug-likeness (QED) is 0.589. The summed E-state index contributed by atoms with van der Waals surface area (Å²) in [6, 6.07) is 16.1. The fraction of sp³-hybridized carbons (Fsp3) is 0.208. The highest BCUT2D eigenvalue weighted by Crippen LogP contribution is 2.33. The molecule has 1 aliphatic rings. The van der Waals surface area contributed by atoms with Gasteiger partial charge in [-0.2, -0.15) is 5.10 Å². The Labute approximate surface area is 184 Å². The summed E-state index contributed by atoms with van der Waals surface area (Å²) < 4.78 is 23.9. The second kappa shape index (κ2) is 9.05. The van der Waals surface area contributed by atoms with E-state index in [0.717, 1.165) is 11.1 Å². The molecule has 164 valence electrons. The Morgan fingerprint density at radius 2 is 1.97 bits per heavy atom. The number of rotatable bonds is 6. The van der Waals surface area contributed by atoms with Crippen LogP contribution in [0.15, 0.2) is 76.4 Å². The summed E-state index contributed by atoms with van der Waals surface area (Å²) in [5, 5.41) is 5.95. The molecule has 7 nitrogen and oxygen atoms in total. The second-order valence-corrected chi connectivity index (χ2v) is 7.43. The van der Waals surface area contributed by atoms with Crippen molar-refractivity contribution < 1.29 is 23.1 Å². The number of nitrogens with zero attached hydrogens (tertiary/aromatic N) is 3. The minimum absolute atomic E-state index is 0.150. The van der Waals surface area contributed by atoms with Crippen molar-refractivity contribution in [3.63, 3.8) is 0 Å². The maximum Gasteiger partial charge on any atom is 0.289 e. The lowest BCUT2D eigenvalue weighted by Gasteiger charge is -2.24. The molecule has 2 aromatic carbocycles. The Kier molecular flexibility index (Phi) is 6.02. The molecule has 1 aliphatic heterocycles. The van der Waals surface area contributed by atoms with Gasteiger partial charge in [-0.3, -0.25) is 9.59 Å². The van der Waals surface area contributed by atoms with Crippen molar-refractivity contribution >= 4 is 17.5 Å². The van der Waals surface area contributed by atoms with Crippen LogP contribution in [0.4, 0.5) is 4.39 Å². The molecule has 8 heteroatoms. The summed E-state index contributed by atoms with van der Waals surface area (Å²) >= 11 is 0. The number of halogens is 1. The first kappa shape index (κ1) is 21.3. The maximum absolute atomic E-state index is 13.5. The fourth-order valence-corrected chi connectivity index (χ4v) is 3.60. The zero-order chi connectivity index (χ0) is 22.7. The van der Waals surface area contributed by atoms with E-state index in [1.165, 1.54) is 35.4 Å². The third-order valence-corrected chi connectivity index (χ3v) is 5.27. The van der Waals surface area contributed by atoms with Gasteiger partial charge in [0, 0.05) is 19.0 Å². The molecule has 4 rings (SSSR count). The number of benzene rings is 2. The molecule has 0 spiro atoms. The van der Waals surface area contributed by atoms with Crippen molar-refractivity contribution in [2.45, 2.75) is 12.5 Å². The third kappa shape index (κ3) is 4.39. The molecule has 2 heterocycles. The average Bonchev–Trinajstić information content (AvgIpc) is 3.50. The molecule has 1 aromatic heterocycles. The molecule has 0 N–H and O–H groups in total. The summed E-state index contributed by atoms with van der Waals surface area (Å²) in [5.74, 6) is -0.297. The van der Waals surface area contributed by atoms with Crippen LogP contribution in [0.5, 0.6) is 5.75 Å². The van der Waals surface area contributed by atoms with E-state index in [-0.39, 0.29) is 24.0 Å². The van der Waals surface area contributed by atoms with E-state index in [1.54, 1.807) is 31.4 Å². The lowest BCUT2D eigenvalue weighted by molar-refractivity contribution is -0.133. The zero-order valence-corrected chi connectivity index (χ0v) is 17.7. The summed E-state index contributed by atoms with van der Waals surface area (Å²) in [4.78, 5) is 26.9. The zero-order valence-electron chi connectivity index (χ0n) is 17.7. The molecule has 32 heavy (non-hydrogen) atoms. The molecule has 0 fully saturated rings. The smallest absolute Gasteiger partial charge is 0.289 e. The summed E-state index contributed by atoms with van der Waals surface area (Å²) in [7, 11) is 3.11. The normalized spacial score (nSPS) is 15.4. The molecule has 0 aliphatic carbocycles. The molecule has 2 amide bonds. The number of amides is 2. The highest BCUT2D eigenvalue weighted by Gasteiger charge is 2.34. The molecular formula is C24H22FN3O4. The van der Waals surface area contributed by atoms with Crippen molar-refractivity contribution in [3.8, 4) is 5.75 Å². The Morgan fingerprint density at radius 1 is 1.19 bits per heavy atom. The van der Waals surface area contributed by atoms with Crippen molar-refractivity contribution in [3.05, 3.63) is 89.6 Å². The average molecular weight is 435 g/mol. The van der Waals surface area contributed by atoms with Crippen LogP contribution in [0.2, 0.25) is 0 Å². The first-order valence-electron chi connectivity index (χ1n) is 10.0. The number of hydrazone groups is 1. The summed E-state index contributed by atoms with van der Waals surface area (Å²) in [6.07, 6.45) is 1.85. The number of furan rings is 1. The molecular weight excluding hydrogens is 413 g/mol. The highest BCUT2D eigenvalue weighted by molar-refractivity contribution is 6.04. The van der Waals surface area contributed by atoms with Crippen LogP contribution in [0.3, 0.4) is 0 Å². The van der Waals surface area contributed by atoms with Crippen LogP contribution in [0, 0.1) is 5.82 Å². The second-order valence-electron chi connectivity index (χ2n) is 7.43. The minimum atomic E-state index is -0.420. The topological polar surface area (TPSA) is 75.3 Å². The SMILES string of the molecule is COc1cccc(C2=NN(C(=O)CN(C)C(=O)c3ccco3)[C@H](c3ccc(F)cc3)C2)c1. The van der Waals surface area contributed by atoms with Gasteiger partial charge < -0.3 is 14.1 Å². The minimum Gasteiger partial charge on any atom is -0.497 e. The van der Waals surface area contributed by atoms with Crippen molar-refractivity contribution in [1.82, 2.24) is 9.91 Å². The standard InChI is InChI=1S/C24H22FN3O4/c1-27(24(30)22-7-4-12-32-22)15-23(29)28-21(16-8-10-18(25)11-9-16)14-20(26-28)17-5-3-6-19(13-17)31-2/h3-13,21H,14-15H2,1-2H3/t21-/m0/s1. The molecule has 0 unspecified atom stereocenters. The highest BCUT2D eigenvalue weighted by atomic mass is 19.1. The maximum atomic E-state index is 13.5. The molecule has 0 bridgehead atoms. The van der Waals surface area contributed by atoms with Gasteiger partial charge in [0.1, 0.15) is 18.1 Å². The van der Waals surface area contributed by atoms with Crippen LogP contribution < -0.4 is 4.74 Å². The summed E-state index contributed by atoms with van der Waals surface area (Å²) in [6.45, 7) is -0.188. The van der Waals surface area contributed by atoms with Crippen LogP contribution in [0.25, 0.3) is 0 Å². The number of likely N-dealkylation sites (N-methyl/N-ethyl adjacent to an activating group) is 1. The number of hydrogen-bond donors (Lipinski definition) is 0. The molecule has 3 aromatic rings. The van der Waals surface area contributed by atoms with E-state index >= 15 is 0 Å². The lowest BCUT2D eigenvalue weighted by Crippen LogP contribution is -2.39. The lowest BCUT2D eigenvalue weighted by atomic mass is 9.98. The fourth-order valence-electron chi connectivity index (χ4n) is 3.60. The van der Waals surface area contributed by atoms with Gasteiger partial charge in [-0.1, -0.05) is 24.3 Å². The number of carbonyl (C=O) groups is 2. The Hall–Kier alpha value is -3.94. The predicted molar refractivity (Wildman–Crippen MR) is 116 cm³/mol. The van der Waals surface area contributed by atoms with Crippen molar-refractivity contribution in [2.75, 3.05) is 20.7 Å². The number of ether oxygens (including phenoxy) is 1. The Bertz CT molecular complexity index is 1140. The van der Waals surface area contributed by atoms with E-state index in [9.17, 15) is 14.0 Å². The molecule has 0 radical (unpaired) electrons. The predicted octanol–water partition coefficient (Wildman–Crippen LogP) is 3.88. The van der Waals surface area contributed by atoms with E-state index in [0.29, 0.717) is 17.9 Å². The van der Waals surface area contributed by atoms with Crippen LogP contribution in [-0.2, 0) is 4.79 Å². The number of carbonyl (C=O) groups excluding carboxylic acids is 2. The van der Waals surface area contributed by atoms with E-state index in [1.807, 2.05) is 24.3 Å². The molecule has 0 saturated heterocycles. The van der Waals surface area contributed by atoms with Gasteiger partial charge in [0.2, 0.25) is 0 Å². The number of hydrogen-bond acceptors (Lipinski definition) is 5. The van der Waals surface area contributed by atoms with Crippen LogP contribution in [0.1, 0.15) is 34.1 Å². The van der Waals surface area contributed by atoms with E-state index < -0.39 is 11.9 Å². The van der Waals surface area contributed by atoms with Gasteiger partial charge in [0.15, 0.2) is 5.76 Å². The van der Waals surface area contributed by atoms with Crippen molar-refractivity contribution in [1.29, 1.82) is 0 Å². The van der Waals surface area contributed by atoms with E-state index in [2.05, 4.69) is 5.10 Å². The van der Waals surface area contributed by atoms with Gasteiger partial charge >= 0.3 is 0 Å². The van der Waals surface area contributed by atoms with Crippen LogP contribution in [-0.4, -0.2) is 48.1 Å². The first-order valence-corrected chi connectivity index (χ1v) is 10.0. The largest absolute Gasteiger partial charge is 0.497 e. The molecule has 1 atom stereocenters.